The number of amides is 1. The molecule has 2 saturated heterocycles. The highest BCUT2D eigenvalue weighted by Gasteiger charge is 2.51. The fourth-order valence-electron chi connectivity index (χ4n) is 4.60. The van der Waals surface area contributed by atoms with Crippen molar-refractivity contribution in [1.29, 1.82) is 0 Å². The van der Waals surface area contributed by atoms with Crippen molar-refractivity contribution in [3.05, 3.63) is 35.9 Å². The maximum Gasteiger partial charge on any atom is 0.243 e. The summed E-state index contributed by atoms with van der Waals surface area (Å²) in [5.74, 6) is 0.307. The Bertz CT molecular complexity index is 615. The van der Waals surface area contributed by atoms with Gasteiger partial charge in [-0.15, -0.1) is 0 Å². The molecule has 5 nitrogen and oxygen atoms in total. The molecule has 0 aromatic heterocycles. The average molecular weight is 343 g/mol. The Morgan fingerprint density at radius 1 is 1.24 bits per heavy atom. The molecule has 3 aliphatic rings. The maximum absolute atomic E-state index is 13.2. The predicted octanol–water partition coefficient (Wildman–Crippen LogP) is 1.58. The van der Waals surface area contributed by atoms with Gasteiger partial charge in [-0.1, -0.05) is 30.3 Å². The number of likely N-dealkylation sites (tertiary alicyclic amines) is 1. The third-order valence-corrected chi connectivity index (χ3v) is 6.37. The number of likely N-dealkylation sites (N-methyl/N-ethyl adjacent to an activating group) is 1. The lowest BCUT2D eigenvalue weighted by atomic mass is 9.74. The van der Waals surface area contributed by atoms with E-state index in [1.54, 1.807) is 0 Å². The van der Waals surface area contributed by atoms with Crippen LogP contribution in [0.1, 0.15) is 24.8 Å². The highest BCUT2D eigenvalue weighted by molar-refractivity contribution is 5.87. The van der Waals surface area contributed by atoms with Crippen LogP contribution in [0.25, 0.3) is 0 Å². The van der Waals surface area contributed by atoms with Crippen LogP contribution in [0.5, 0.6) is 0 Å². The molecule has 5 heteroatoms. The molecule has 1 aromatic rings. The second-order valence-electron chi connectivity index (χ2n) is 7.92. The molecule has 1 aliphatic carbocycles. The van der Waals surface area contributed by atoms with E-state index >= 15 is 0 Å². The van der Waals surface area contributed by atoms with Gasteiger partial charge in [-0.2, -0.15) is 0 Å². The zero-order valence-electron chi connectivity index (χ0n) is 15.4. The smallest absolute Gasteiger partial charge is 0.243 e. The quantitative estimate of drug-likeness (QED) is 0.832. The summed E-state index contributed by atoms with van der Waals surface area (Å²) in [5.41, 5.74) is 1.06. The molecule has 3 fully saturated rings. The lowest BCUT2D eigenvalue weighted by molar-refractivity contribution is -0.148. The summed E-state index contributed by atoms with van der Waals surface area (Å²) >= 11 is 0. The van der Waals surface area contributed by atoms with Gasteiger partial charge in [0.15, 0.2) is 0 Å². The molecule has 0 N–H and O–H groups in total. The van der Waals surface area contributed by atoms with Crippen molar-refractivity contribution < 1.29 is 9.53 Å². The minimum atomic E-state index is -0.266. The van der Waals surface area contributed by atoms with Gasteiger partial charge in [-0.25, -0.2) is 0 Å². The van der Waals surface area contributed by atoms with E-state index in [9.17, 15) is 4.79 Å². The van der Waals surface area contributed by atoms with Crippen molar-refractivity contribution in [2.24, 2.45) is 0 Å². The van der Waals surface area contributed by atoms with E-state index in [4.69, 9.17) is 4.74 Å². The minimum Gasteiger partial charge on any atom is -0.373 e. The number of fused-ring (bicyclic) bond motifs is 1. The topological polar surface area (TPSA) is 36.0 Å². The summed E-state index contributed by atoms with van der Waals surface area (Å²) in [4.78, 5) is 19.9. The van der Waals surface area contributed by atoms with E-state index in [1.807, 2.05) is 14.1 Å². The standard InChI is InChI=1S/C20H29N3O2/c1-21(2)20(9-6-10-20)19(24)23-14-17-18(15-23)25-12-11-22(17)13-16-7-4-3-5-8-16/h3-5,7-8,17-18H,6,9-15H2,1-2H3/t17-,18-/m1/s1. The number of nitrogens with zero attached hydrogens (tertiary/aromatic N) is 3. The molecular weight excluding hydrogens is 314 g/mol. The van der Waals surface area contributed by atoms with Crippen LogP contribution in [-0.2, 0) is 16.1 Å². The summed E-state index contributed by atoms with van der Waals surface area (Å²) < 4.78 is 6.03. The Kier molecular flexibility index (Phi) is 4.56. The number of ether oxygens (including phenoxy) is 1. The third-order valence-electron chi connectivity index (χ3n) is 6.37. The van der Waals surface area contributed by atoms with Crippen molar-refractivity contribution in [3.8, 4) is 0 Å². The normalized spacial score (nSPS) is 28.7. The molecule has 1 saturated carbocycles. The number of morpholine rings is 1. The Labute approximate surface area is 150 Å². The minimum absolute atomic E-state index is 0.153. The van der Waals surface area contributed by atoms with Crippen LogP contribution in [0.2, 0.25) is 0 Å². The van der Waals surface area contributed by atoms with E-state index in [2.05, 4.69) is 45.0 Å². The van der Waals surface area contributed by atoms with E-state index < -0.39 is 0 Å². The van der Waals surface area contributed by atoms with Crippen molar-refractivity contribution in [2.45, 2.75) is 43.5 Å². The van der Waals surface area contributed by atoms with Gasteiger partial charge in [0, 0.05) is 26.2 Å². The Hall–Kier alpha value is -1.43. The maximum atomic E-state index is 13.2. The van der Waals surface area contributed by atoms with Gasteiger partial charge >= 0.3 is 0 Å². The molecule has 0 bridgehead atoms. The fourth-order valence-corrected chi connectivity index (χ4v) is 4.60. The van der Waals surface area contributed by atoms with Crippen LogP contribution < -0.4 is 0 Å². The average Bonchev–Trinajstić information content (AvgIpc) is 2.99. The summed E-state index contributed by atoms with van der Waals surface area (Å²) in [5, 5.41) is 0. The molecule has 1 aromatic carbocycles. The van der Waals surface area contributed by atoms with Crippen LogP contribution >= 0.6 is 0 Å². The summed E-state index contributed by atoms with van der Waals surface area (Å²) in [7, 11) is 4.08. The second kappa shape index (κ2) is 6.71. The molecule has 4 rings (SSSR count). The van der Waals surface area contributed by atoms with Crippen molar-refractivity contribution in [2.75, 3.05) is 40.3 Å². The summed E-state index contributed by atoms with van der Waals surface area (Å²) in [6, 6.07) is 10.9. The van der Waals surface area contributed by atoms with Crippen molar-refractivity contribution in [3.63, 3.8) is 0 Å². The second-order valence-corrected chi connectivity index (χ2v) is 7.92. The monoisotopic (exact) mass is 343 g/mol. The largest absolute Gasteiger partial charge is 0.373 e. The Morgan fingerprint density at radius 3 is 2.64 bits per heavy atom. The zero-order valence-corrected chi connectivity index (χ0v) is 15.4. The van der Waals surface area contributed by atoms with Crippen LogP contribution in [0, 0.1) is 0 Å². The van der Waals surface area contributed by atoms with Crippen molar-refractivity contribution in [1.82, 2.24) is 14.7 Å². The van der Waals surface area contributed by atoms with E-state index in [0.29, 0.717) is 11.9 Å². The van der Waals surface area contributed by atoms with Crippen LogP contribution in [0.3, 0.4) is 0 Å². The van der Waals surface area contributed by atoms with Gasteiger partial charge in [0.1, 0.15) is 5.54 Å². The molecule has 1 amide bonds. The number of rotatable bonds is 4. The molecule has 2 atom stereocenters. The van der Waals surface area contributed by atoms with Gasteiger partial charge in [-0.3, -0.25) is 14.6 Å². The highest BCUT2D eigenvalue weighted by atomic mass is 16.5. The van der Waals surface area contributed by atoms with E-state index in [0.717, 1.165) is 52.0 Å². The van der Waals surface area contributed by atoms with Gasteiger partial charge in [0.25, 0.3) is 0 Å². The fraction of sp³-hybridized carbons (Fsp3) is 0.650. The molecule has 0 spiro atoms. The molecule has 2 heterocycles. The number of hydrogen-bond acceptors (Lipinski definition) is 4. The Morgan fingerprint density at radius 2 is 2.00 bits per heavy atom. The first-order chi connectivity index (χ1) is 12.1. The number of carbonyl (C=O) groups is 1. The molecule has 25 heavy (non-hydrogen) atoms. The lowest BCUT2D eigenvalue weighted by Crippen LogP contribution is -2.61. The van der Waals surface area contributed by atoms with Gasteiger partial charge < -0.3 is 9.64 Å². The number of hydrogen-bond donors (Lipinski definition) is 0. The highest BCUT2D eigenvalue weighted by Crippen LogP contribution is 2.39. The van der Waals surface area contributed by atoms with Gasteiger partial charge in [0.2, 0.25) is 5.91 Å². The van der Waals surface area contributed by atoms with Gasteiger partial charge in [-0.05, 0) is 38.9 Å². The first-order valence-electron chi connectivity index (χ1n) is 9.46. The molecular formula is C20H29N3O2. The third kappa shape index (κ3) is 2.98. The van der Waals surface area contributed by atoms with E-state index in [1.165, 1.54) is 5.56 Å². The first kappa shape index (κ1) is 17.0. The molecule has 0 unspecified atom stereocenters. The SMILES string of the molecule is CN(C)C1(C(=O)N2C[C@@H]3[C@@H](C2)OCCN3Cc2ccccc2)CCC1. The summed E-state index contributed by atoms with van der Waals surface area (Å²) in [6.45, 7) is 4.17. The molecule has 2 aliphatic heterocycles. The molecule has 0 radical (unpaired) electrons. The van der Waals surface area contributed by atoms with Crippen LogP contribution in [0.4, 0.5) is 0 Å². The van der Waals surface area contributed by atoms with Crippen molar-refractivity contribution >= 4 is 5.91 Å². The van der Waals surface area contributed by atoms with Crippen LogP contribution in [0.15, 0.2) is 30.3 Å². The molecule has 136 valence electrons. The zero-order chi connectivity index (χ0) is 17.4. The first-order valence-corrected chi connectivity index (χ1v) is 9.46. The number of benzene rings is 1. The lowest BCUT2D eigenvalue weighted by Gasteiger charge is -2.47. The van der Waals surface area contributed by atoms with Crippen LogP contribution in [-0.4, -0.2) is 78.6 Å². The van der Waals surface area contributed by atoms with Gasteiger partial charge in [0.05, 0.1) is 18.8 Å². The Balaban J connectivity index is 1.46. The summed E-state index contributed by atoms with van der Waals surface area (Å²) in [6.07, 6.45) is 3.28. The predicted molar refractivity (Wildman–Crippen MR) is 97.2 cm³/mol. The van der Waals surface area contributed by atoms with E-state index in [-0.39, 0.29) is 11.6 Å². The number of carbonyl (C=O) groups excluding carboxylic acids is 1.